The van der Waals surface area contributed by atoms with Crippen molar-refractivity contribution in [2.45, 2.75) is 59.2 Å². The number of hydrogen-bond acceptors (Lipinski definition) is 3. The highest BCUT2D eigenvalue weighted by Gasteiger charge is 2.52. The number of rotatable bonds is 3. The first-order valence-corrected chi connectivity index (χ1v) is 9.09. The molecule has 0 aromatic rings. The molecule has 3 nitrogen and oxygen atoms in total. The van der Waals surface area contributed by atoms with E-state index >= 15 is 0 Å². The summed E-state index contributed by atoms with van der Waals surface area (Å²) >= 11 is 0. The number of cyclic esters (lactones) is 1. The van der Waals surface area contributed by atoms with Gasteiger partial charge in [0.05, 0.1) is 0 Å². The molecule has 3 rings (SSSR count). The lowest BCUT2D eigenvalue weighted by atomic mass is 9.47. The monoisotopic (exact) mass is 330 g/mol. The van der Waals surface area contributed by atoms with Crippen molar-refractivity contribution >= 4 is 5.97 Å². The van der Waals surface area contributed by atoms with Crippen LogP contribution in [-0.2, 0) is 14.3 Å². The lowest BCUT2D eigenvalue weighted by molar-refractivity contribution is -0.154. The second-order valence-electron chi connectivity index (χ2n) is 8.58. The minimum absolute atomic E-state index is 0.250. The van der Waals surface area contributed by atoms with Crippen molar-refractivity contribution in [2.24, 2.45) is 22.7 Å². The van der Waals surface area contributed by atoms with Gasteiger partial charge in [0.25, 0.3) is 0 Å². The topological polar surface area (TPSA) is 35.5 Å². The molecule has 2 aliphatic carbocycles. The van der Waals surface area contributed by atoms with Crippen LogP contribution in [0, 0.1) is 22.7 Å². The molecule has 3 aliphatic rings. The summed E-state index contributed by atoms with van der Waals surface area (Å²) in [5.74, 6) is 0.740. The Balaban J connectivity index is 1.88. The van der Waals surface area contributed by atoms with Crippen LogP contribution in [0.25, 0.3) is 0 Å². The van der Waals surface area contributed by atoms with Crippen molar-refractivity contribution in [2.75, 3.05) is 7.11 Å². The summed E-state index contributed by atoms with van der Waals surface area (Å²) in [4.78, 5) is 11.5. The largest absolute Gasteiger partial charge is 0.428 e. The molecule has 0 aromatic carbocycles. The molecular weight excluding hydrogens is 300 g/mol. The van der Waals surface area contributed by atoms with Crippen LogP contribution in [0.4, 0.5) is 0 Å². The number of ether oxygens (including phenoxy) is 2. The van der Waals surface area contributed by atoms with Crippen LogP contribution in [0.5, 0.6) is 0 Å². The van der Waals surface area contributed by atoms with Crippen LogP contribution >= 0.6 is 0 Å². The third-order valence-corrected chi connectivity index (χ3v) is 6.66. The summed E-state index contributed by atoms with van der Waals surface area (Å²) in [6, 6.07) is 0. The fraction of sp³-hybridized carbons (Fsp3) is 0.667. The predicted molar refractivity (Wildman–Crippen MR) is 95.2 cm³/mol. The van der Waals surface area contributed by atoms with Gasteiger partial charge in [0.15, 0.2) is 0 Å². The zero-order chi connectivity index (χ0) is 17.5. The molecule has 1 heterocycles. The van der Waals surface area contributed by atoms with Crippen molar-refractivity contribution in [3.63, 3.8) is 0 Å². The molecular formula is C21H30O3. The highest BCUT2D eigenvalue weighted by molar-refractivity contribution is 5.86. The summed E-state index contributed by atoms with van der Waals surface area (Å²) in [6.45, 7) is 11.7. The van der Waals surface area contributed by atoms with E-state index in [1.54, 1.807) is 7.11 Å². The molecule has 1 aliphatic heterocycles. The van der Waals surface area contributed by atoms with Crippen LogP contribution in [0.3, 0.4) is 0 Å². The summed E-state index contributed by atoms with van der Waals surface area (Å²) in [6.07, 6.45) is 11.4. The number of carbonyl (C=O) groups is 1. The van der Waals surface area contributed by atoms with Gasteiger partial charge in [0, 0.05) is 24.7 Å². The standard InChI is InChI=1S/C21H30O3/c1-14-7-10-17-20(2,3)11-6-12-21(17,4)16(14)9-8-15-13-18(22)24-19(15)23-5/h8-9,13,16-17,19H,1,6-7,10-12H2,2-5H3. The van der Waals surface area contributed by atoms with Crippen molar-refractivity contribution in [1.82, 2.24) is 0 Å². The molecule has 4 unspecified atom stereocenters. The fourth-order valence-electron chi connectivity index (χ4n) is 5.50. The van der Waals surface area contributed by atoms with Crippen LogP contribution < -0.4 is 0 Å². The van der Waals surface area contributed by atoms with E-state index in [-0.39, 0.29) is 11.4 Å². The smallest absolute Gasteiger partial charge is 0.333 e. The average Bonchev–Trinajstić information content (AvgIpc) is 2.85. The summed E-state index contributed by atoms with van der Waals surface area (Å²) in [7, 11) is 1.56. The van der Waals surface area contributed by atoms with Crippen LogP contribution in [0.1, 0.15) is 52.9 Å². The van der Waals surface area contributed by atoms with E-state index in [9.17, 15) is 4.79 Å². The van der Waals surface area contributed by atoms with Gasteiger partial charge in [-0.05, 0) is 42.4 Å². The van der Waals surface area contributed by atoms with E-state index < -0.39 is 6.29 Å². The second-order valence-corrected chi connectivity index (χ2v) is 8.58. The molecule has 0 saturated heterocycles. The van der Waals surface area contributed by atoms with Gasteiger partial charge in [-0.3, -0.25) is 0 Å². The third kappa shape index (κ3) is 2.88. The van der Waals surface area contributed by atoms with E-state index in [1.165, 1.54) is 37.3 Å². The van der Waals surface area contributed by atoms with Crippen LogP contribution in [0.2, 0.25) is 0 Å². The van der Waals surface area contributed by atoms with E-state index in [0.717, 1.165) is 12.0 Å². The molecule has 132 valence electrons. The highest BCUT2D eigenvalue weighted by Crippen LogP contribution is 2.61. The maximum Gasteiger partial charge on any atom is 0.333 e. The maximum absolute atomic E-state index is 11.5. The Hall–Kier alpha value is -1.35. The van der Waals surface area contributed by atoms with Crippen molar-refractivity contribution in [3.05, 3.63) is 36.0 Å². The molecule has 3 heteroatoms. The van der Waals surface area contributed by atoms with Gasteiger partial charge < -0.3 is 9.47 Å². The Morgan fingerprint density at radius 1 is 1.33 bits per heavy atom. The quantitative estimate of drug-likeness (QED) is 0.551. The maximum atomic E-state index is 11.5. The minimum Gasteiger partial charge on any atom is -0.428 e. The Morgan fingerprint density at radius 2 is 2.08 bits per heavy atom. The number of hydrogen-bond donors (Lipinski definition) is 0. The van der Waals surface area contributed by atoms with Gasteiger partial charge in [-0.1, -0.05) is 51.5 Å². The lowest BCUT2D eigenvalue weighted by Gasteiger charge is -2.57. The van der Waals surface area contributed by atoms with Crippen molar-refractivity contribution in [1.29, 1.82) is 0 Å². The molecule has 0 bridgehead atoms. The SMILES string of the molecule is C=C1CCC2C(C)(C)CCCC2(C)C1C=CC1=CC(=O)OC1OC. The third-order valence-electron chi connectivity index (χ3n) is 6.66. The van der Waals surface area contributed by atoms with Gasteiger partial charge in [-0.2, -0.15) is 0 Å². The predicted octanol–water partition coefficient (Wildman–Crippen LogP) is 4.80. The number of methoxy groups -OCH3 is 1. The fourth-order valence-corrected chi connectivity index (χ4v) is 5.50. The lowest BCUT2D eigenvalue weighted by Crippen LogP contribution is -2.48. The van der Waals surface area contributed by atoms with E-state index in [4.69, 9.17) is 9.47 Å². The second kappa shape index (κ2) is 6.18. The van der Waals surface area contributed by atoms with Gasteiger partial charge in [0.1, 0.15) is 0 Å². The molecule has 0 spiro atoms. The molecule has 0 N–H and O–H groups in total. The van der Waals surface area contributed by atoms with Crippen molar-refractivity contribution < 1.29 is 14.3 Å². The average molecular weight is 330 g/mol. The first-order chi connectivity index (χ1) is 11.3. The Kier molecular flexibility index (Phi) is 4.50. The molecule has 2 saturated carbocycles. The molecule has 2 fully saturated rings. The van der Waals surface area contributed by atoms with Gasteiger partial charge in [0.2, 0.25) is 6.29 Å². The van der Waals surface area contributed by atoms with E-state index in [1.807, 2.05) is 6.08 Å². The zero-order valence-electron chi connectivity index (χ0n) is 15.4. The highest BCUT2D eigenvalue weighted by atomic mass is 16.7. The first kappa shape index (κ1) is 17.5. The molecule has 0 amide bonds. The molecule has 0 radical (unpaired) electrons. The number of carbonyl (C=O) groups excluding carboxylic acids is 1. The summed E-state index contributed by atoms with van der Waals surface area (Å²) in [5, 5.41) is 0. The molecule has 0 aromatic heterocycles. The van der Waals surface area contributed by atoms with Gasteiger partial charge in [-0.25, -0.2) is 4.79 Å². The molecule has 24 heavy (non-hydrogen) atoms. The van der Waals surface area contributed by atoms with Gasteiger partial charge >= 0.3 is 5.97 Å². The van der Waals surface area contributed by atoms with Gasteiger partial charge in [-0.15, -0.1) is 0 Å². The Morgan fingerprint density at radius 3 is 2.79 bits per heavy atom. The van der Waals surface area contributed by atoms with Crippen LogP contribution in [0.15, 0.2) is 36.0 Å². The minimum atomic E-state index is -0.572. The zero-order valence-corrected chi connectivity index (χ0v) is 15.4. The Bertz CT molecular complexity index is 598. The first-order valence-electron chi connectivity index (χ1n) is 9.09. The molecule has 4 atom stereocenters. The summed E-state index contributed by atoms with van der Waals surface area (Å²) in [5.41, 5.74) is 2.76. The van der Waals surface area contributed by atoms with Crippen molar-refractivity contribution in [3.8, 4) is 0 Å². The van der Waals surface area contributed by atoms with E-state index in [0.29, 0.717) is 17.3 Å². The normalized spacial score (nSPS) is 38.8. The number of esters is 1. The number of fused-ring (bicyclic) bond motifs is 1. The number of allylic oxidation sites excluding steroid dienone is 2. The van der Waals surface area contributed by atoms with Crippen LogP contribution in [-0.4, -0.2) is 19.4 Å². The van der Waals surface area contributed by atoms with E-state index in [2.05, 4.69) is 33.4 Å². The Labute approximate surface area is 145 Å². The summed E-state index contributed by atoms with van der Waals surface area (Å²) < 4.78 is 10.4.